The van der Waals surface area contributed by atoms with Crippen molar-refractivity contribution in [1.82, 2.24) is 9.38 Å². The molecule has 4 nitrogen and oxygen atoms in total. The molecule has 2 heterocycles. The van der Waals surface area contributed by atoms with Gasteiger partial charge in [-0.05, 0) is 18.8 Å². The number of hydrogen-bond acceptors (Lipinski definition) is 4. The van der Waals surface area contributed by atoms with Crippen molar-refractivity contribution < 1.29 is 4.79 Å². The Balaban J connectivity index is 1.94. The van der Waals surface area contributed by atoms with Crippen LogP contribution >= 0.6 is 11.3 Å². The SMILES string of the molecule is CC1CCCC(N(C)c2nc3sccn3c2C=O)C1. The number of aromatic nitrogens is 2. The molecule has 1 aliphatic rings. The highest BCUT2D eigenvalue weighted by Gasteiger charge is 2.26. The van der Waals surface area contributed by atoms with Crippen molar-refractivity contribution in [3.63, 3.8) is 0 Å². The van der Waals surface area contributed by atoms with E-state index in [-0.39, 0.29) is 0 Å². The van der Waals surface area contributed by atoms with Crippen molar-refractivity contribution in [3.05, 3.63) is 17.3 Å². The van der Waals surface area contributed by atoms with E-state index < -0.39 is 0 Å². The molecule has 0 amide bonds. The minimum Gasteiger partial charge on any atom is -0.355 e. The Bertz CT molecular complexity index is 589. The maximum Gasteiger partial charge on any atom is 0.196 e. The van der Waals surface area contributed by atoms with Crippen LogP contribution in [0.5, 0.6) is 0 Å². The van der Waals surface area contributed by atoms with Gasteiger partial charge in [0.2, 0.25) is 0 Å². The summed E-state index contributed by atoms with van der Waals surface area (Å²) in [5.74, 6) is 1.60. The first-order chi connectivity index (χ1) is 9.20. The van der Waals surface area contributed by atoms with Gasteiger partial charge in [0.1, 0.15) is 5.69 Å². The van der Waals surface area contributed by atoms with E-state index in [2.05, 4.69) is 23.9 Å². The minimum atomic E-state index is 0.507. The molecule has 19 heavy (non-hydrogen) atoms. The number of carbonyl (C=O) groups is 1. The average molecular weight is 277 g/mol. The van der Waals surface area contributed by atoms with E-state index in [9.17, 15) is 4.79 Å². The summed E-state index contributed by atoms with van der Waals surface area (Å²) in [7, 11) is 2.07. The molecule has 2 atom stereocenters. The van der Waals surface area contributed by atoms with E-state index in [0.29, 0.717) is 11.7 Å². The minimum absolute atomic E-state index is 0.507. The van der Waals surface area contributed by atoms with Crippen LogP contribution in [0.15, 0.2) is 11.6 Å². The van der Waals surface area contributed by atoms with Crippen molar-refractivity contribution in [3.8, 4) is 0 Å². The van der Waals surface area contributed by atoms with Crippen LogP contribution < -0.4 is 4.90 Å². The summed E-state index contributed by atoms with van der Waals surface area (Å²) >= 11 is 1.57. The van der Waals surface area contributed by atoms with Crippen LogP contribution in [-0.4, -0.2) is 28.8 Å². The van der Waals surface area contributed by atoms with E-state index in [1.54, 1.807) is 11.3 Å². The number of thiazole rings is 1. The number of carbonyl (C=O) groups excluding carboxylic acids is 1. The van der Waals surface area contributed by atoms with E-state index >= 15 is 0 Å². The highest BCUT2D eigenvalue weighted by atomic mass is 32.1. The first kappa shape index (κ1) is 12.7. The number of imidazole rings is 1. The smallest absolute Gasteiger partial charge is 0.196 e. The Hall–Kier alpha value is -1.36. The number of anilines is 1. The van der Waals surface area contributed by atoms with Crippen molar-refractivity contribution in [2.75, 3.05) is 11.9 Å². The van der Waals surface area contributed by atoms with Gasteiger partial charge < -0.3 is 4.90 Å². The summed E-state index contributed by atoms with van der Waals surface area (Å²) in [5.41, 5.74) is 0.678. The lowest BCUT2D eigenvalue weighted by Gasteiger charge is -2.34. The molecule has 2 aromatic heterocycles. The third-order valence-corrected chi connectivity index (χ3v) is 4.94. The van der Waals surface area contributed by atoms with Gasteiger partial charge in [-0.2, -0.15) is 0 Å². The summed E-state index contributed by atoms with van der Waals surface area (Å²) in [6.07, 6.45) is 7.82. The number of nitrogens with zero attached hydrogens (tertiary/aromatic N) is 3. The second-order valence-corrected chi connectivity index (χ2v) is 6.40. The topological polar surface area (TPSA) is 37.6 Å². The van der Waals surface area contributed by atoms with Crippen LogP contribution in [-0.2, 0) is 0 Å². The molecule has 1 saturated carbocycles. The fourth-order valence-corrected chi connectivity index (χ4v) is 3.80. The van der Waals surface area contributed by atoms with Gasteiger partial charge in [0.05, 0.1) is 0 Å². The quantitative estimate of drug-likeness (QED) is 0.808. The molecule has 1 fully saturated rings. The Kier molecular flexibility index (Phi) is 3.31. The van der Waals surface area contributed by atoms with Crippen molar-refractivity contribution in [1.29, 1.82) is 0 Å². The summed E-state index contributed by atoms with van der Waals surface area (Å²) in [6, 6.07) is 0.507. The molecular weight excluding hydrogens is 258 g/mol. The van der Waals surface area contributed by atoms with Crippen LogP contribution in [0, 0.1) is 5.92 Å². The molecule has 0 saturated heterocycles. The lowest BCUT2D eigenvalue weighted by Crippen LogP contribution is -2.36. The zero-order valence-electron chi connectivity index (χ0n) is 11.4. The molecule has 5 heteroatoms. The van der Waals surface area contributed by atoms with Gasteiger partial charge in [0, 0.05) is 24.7 Å². The Morgan fingerprint density at radius 1 is 1.53 bits per heavy atom. The van der Waals surface area contributed by atoms with Crippen LogP contribution in [0.1, 0.15) is 43.1 Å². The lowest BCUT2D eigenvalue weighted by atomic mass is 9.86. The molecule has 102 valence electrons. The molecule has 2 aromatic rings. The molecule has 2 unspecified atom stereocenters. The van der Waals surface area contributed by atoms with Crippen LogP contribution in [0.2, 0.25) is 0 Å². The summed E-state index contributed by atoms with van der Waals surface area (Å²) in [6.45, 7) is 2.31. The average Bonchev–Trinajstić information content (AvgIpc) is 2.97. The zero-order chi connectivity index (χ0) is 13.4. The predicted octanol–water partition coefficient (Wildman–Crippen LogP) is 3.22. The Morgan fingerprint density at radius 2 is 2.37 bits per heavy atom. The van der Waals surface area contributed by atoms with Gasteiger partial charge >= 0.3 is 0 Å². The molecular formula is C14H19N3OS. The zero-order valence-corrected chi connectivity index (χ0v) is 12.2. The molecule has 0 bridgehead atoms. The van der Waals surface area contributed by atoms with Gasteiger partial charge in [0.25, 0.3) is 0 Å². The second-order valence-electron chi connectivity index (χ2n) is 5.53. The molecule has 0 aliphatic heterocycles. The van der Waals surface area contributed by atoms with E-state index in [1.807, 2.05) is 16.0 Å². The maximum atomic E-state index is 11.4. The molecule has 0 N–H and O–H groups in total. The van der Waals surface area contributed by atoms with Crippen LogP contribution in [0.25, 0.3) is 4.96 Å². The third-order valence-electron chi connectivity index (χ3n) is 4.18. The van der Waals surface area contributed by atoms with Crippen LogP contribution in [0.3, 0.4) is 0 Å². The third kappa shape index (κ3) is 2.16. The number of aldehydes is 1. The highest BCUT2D eigenvalue weighted by molar-refractivity contribution is 7.15. The maximum absolute atomic E-state index is 11.4. The lowest BCUT2D eigenvalue weighted by molar-refractivity contribution is 0.111. The molecule has 0 aromatic carbocycles. The van der Waals surface area contributed by atoms with Crippen molar-refractivity contribution in [2.24, 2.45) is 5.92 Å². The summed E-state index contributed by atoms with van der Waals surface area (Å²) < 4.78 is 1.88. The molecule has 0 spiro atoms. The van der Waals surface area contributed by atoms with Gasteiger partial charge in [-0.25, -0.2) is 4.98 Å². The van der Waals surface area contributed by atoms with Gasteiger partial charge in [0.15, 0.2) is 17.1 Å². The number of fused-ring (bicyclic) bond motifs is 1. The standard InChI is InChI=1S/C14H19N3OS/c1-10-4-3-5-11(8-10)16(2)13-12(9-18)17-6-7-19-14(17)15-13/h6-7,9-11H,3-5,8H2,1-2H3. The predicted molar refractivity (Wildman–Crippen MR) is 78.3 cm³/mol. The van der Waals surface area contributed by atoms with E-state index in [1.165, 1.54) is 25.7 Å². The Morgan fingerprint density at radius 3 is 3.11 bits per heavy atom. The highest BCUT2D eigenvalue weighted by Crippen LogP contribution is 2.31. The van der Waals surface area contributed by atoms with Gasteiger partial charge in [-0.1, -0.05) is 19.8 Å². The van der Waals surface area contributed by atoms with E-state index in [0.717, 1.165) is 23.0 Å². The van der Waals surface area contributed by atoms with Crippen molar-refractivity contribution >= 4 is 28.4 Å². The largest absolute Gasteiger partial charge is 0.355 e. The van der Waals surface area contributed by atoms with Gasteiger partial charge in [-0.15, -0.1) is 11.3 Å². The first-order valence-corrected chi connectivity index (χ1v) is 7.72. The van der Waals surface area contributed by atoms with Gasteiger partial charge in [-0.3, -0.25) is 9.20 Å². The van der Waals surface area contributed by atoms with E-state index in [4.69, 9.17) is 0 Å². The van der Waals surface area contributed by atoms with Crippen molar-refractivity contribution in [2.45, 2.75) is 38.6 Å². The molecule has 1 aliphatic carbocycles. The van der Waals surface area contributed by atoms with Crippen LogP contribution in [0.4, 0.5) is 5.82 Å². The normalized spacial score (nSPS) is 23.7. The molecule has 0 radical (unpaired) electrons. The molecule has 3 rings (SSSR count). The summed E-state index contributed by atoms with van der Waals surface area (Å²) in [5, 5.41) is 1.96. The number of rotatable bonds is 3. The second kappa shape index (κ2) is 4.96. The monoisotopic (exact) mass is 277 g/mol. The fraction of sp³-hybridized carbons (Fsp3) is 0.571. The number of hydrogen-bond donors (Lipinski definition) is 0. The fourth-order valence-electron chi connectivity index (χ4n) is 3.09. The first-order valence-electron chi connectivity index (χ1n) is 6.84. The summed E-state index contributed by atoms with van der Waals surface area (Å²) in [4.78, 5) is 19.1. The Labute approximate surface area is 117 Å².